The van der Waals surface area contributed by atoms with Crippen LogP contribution in [-0.4, -0.2) is 38.0 Å². The van der Waals surface area contributed by atoms with Crippen LogP contribution in [0, 0.1) is 17.8 Å². The molecule has 0 aromatic carbocycles. The zero-order valence-electron chi connectivity index (χ0n) is 9.19. The van der Waals surface area contributed by atoms with Gasteiger partial charge in [-0.1, -0.05) is 12.2 Å². The molecule has 86 valence electrons. The molecule has 2 N–H and O–H groups in total. The van der Waals surface area contributed by atoms with Gasteiger partial charge in [-0.05, 0) is 37.1 Å². The van der Waals surface area contributed by atoms with Crippen LogP contribution in [0.15, 0.2) is 12.2 Å². The highest BCUT2D eigenvalue weighted by atomic mass is 16.5. The van der Waals surface area contributed by atoms with E-state index in [-0.39, 0.29) is 6.61 Å². The van der Waals surface area contributed by atoms with Gasteiger partial charge in [0.25, 0.3) is 0 Å². The Kier molecular flexibility index (Phi) is 4.18. The molecule has 0 amide bonds. The maximum Gasteiger partial charge on any atom is 0.0698 e. The van der Waals surface area contributed by atoms with E-state index in [4.69, 9.17) is 9.84 Å². The van der Waals surface area contributed by atoms with Crippen LogP contribution in [0.4, 0.5) is 0 Å². The van der Waals surface area contributed by atoms with Crippen molar-refractivity contribution in [1.82, 2.24) is 5.32 Å². The number of hydrogen-bond donors (Lipinski definition) is 2. The summed E-state index contributed by atoms with van der Waals surface area (Å²) in [4.78, 5) is 0. The maximum atomic E-state index is 8.51. The predicted molar refractivity (Wildman–Crippen MR) is 59.6 cm³/mol. The van der Waals surface area contributed by atoms with Gasteiger partial charge in [0, 0.05) is 6.54 Å². The molecule has 0 heterocycles. The van der Waals surface area contributed by atoms with Crippen LogP contribution < -0.4 is 5.32 Å². The van der Waals surface area contributed by atoms with Crippen molar-refractivity contribution in [1.29, 1.82) is 0 Å². The molecule has 2 bridgehead atoms. The van der Waals surface area contributed by atoms with Gasteiger partial charge in [-0.3, -0.25) is 0 Å². The zero-order chi connectivity index (χ0) is 10.5. The van der Waals surface area contributed by atoms with Gasteiger partial charge in [-0.25, -0.2) is 0 Å². The molecule has 1 saturated carbocycles. The highest BCUT2D eigenvalue weighted by Gasteiger charge is 2.34. The van der Waals surface area contributed by atoms with E-state index in [0.717, 1.165) is 30.8 Å². The van der Waals surface area contributed by atoms with E-state index >= 15 is 0 Å². The van der Waals surface area contributed by atoms with Gasteiger partial charge in [0.05, 0.1) is 19.8 Å². The summed E-state index contributed by atoms with van der Waals surface area (Å²) in [6.07, 6.45) is 7.52. The molecule has 0 radical (unpaired) electrons. The van der Waals surface area contributed by atoms with Crippen LogP contribution in [0.5, 0.6) is 0 Å². The number of aliphatic hydroxyl groups excluding tert-OH is 1. The molecular formula is C12H21NO2. The predicted octanol–water partition coefficient (Wildman–Crippen LogP) is 0.797. The number of rotatable bonds is 7. The maximum absolute atomic E-state index is 8.51. The first-order valence-electron chi connectivity index (χ1n) is 5.98. The lowest BCUT2D eigenvalue weighted by molar-refractivity contribution is 0.0933. The molecule has 0 spiro atoms. The summed E-state index contributed by atoms with van der Waals surface area (Å²) in [6, 6.07) is 0. The summed E-state index contributed by atoms with van der Waals surface area (Å²) in [5.41, 5.74) is 0. The van der Waals surface area contributed by atoms with Crippen molar-refractivity contribution in [2.24, 2.45) is 17.8 Å². The number of fused-ring (bicyclic) bond motifs is 2. The lowest BCUT2D eigenvalue weighted by atomic mass is 9.94. The third-order valence-electron chi connectivity index (χ3n) is 3.48. The van der Waals surface area contributed by atoms with Crippen molar-refractivity contribution < 1.29 is 9.84 Å². The van der Waals surface area contributed by atoms with E-state index in [1.165, 1.54) is 12.8 Å². The molecule has 2 aliphatic carbocycles. The largest absolute Gasteiger partial charge is 0.394 e. The molecule has 0 saturated heterocycles. The summed E-state index contributed by atoms with van der Waals surface area (Å²) in [5.74, 6) is 2.55. The average Bonchev–Trinajstić information content (AvgIpc) is 2.85. The van der Waals surface area contributed by atoms with Gasteiger partial charge in [0.2, 0.25) is 0 Å². The molecule has 2 aliphatic rings. The number of ether oxygens (including phenoxy) is 1. The molecule has 0 unspecified atom stereocenters. The van der Waals surface area contributed by atoms with Crippen LogP contribution >= 0.6 is 0 Å². The lowest BCUT2D eigenvalue weighted by Crippen LogP contribution is -2.28. The molecule has 3 nitrogen and oxygen atoms in total. The Hall–Kier alpha value is -0.380. The molecular weight excluding hydrogens is 190 g/mol. The van der Waals surface area contributed by atoms with Gasteiger partial charge in [0.15, 0.2) is 0 Å². The van der Waals surface area contributed by atoms with Crippen LogP contribution in [0.1, 0.15) is 12.8 Å². The van der Waals surface area contributed by atoms with Crippen LogP contribution in [0.2, 0.25) is 0 Å². The quantitative estimate of drug-likeness (QED) is 0.483. The SMILES string of the molecule is OCCOCCNC[C@@H]1C[C@@H]2C=C[C@@H]1C2. The van der Waals surface area contributed by atoms with Crippen LogP contribution in [0.3, 0.4) is 0 Å². The Morgan fingerprint density at radius 2 is 2.20 bits per heavy atom. The normalized spacial score (nSPS) is 32.7. The van der Waals surface area contributed by atoms with E-state index in [0.29, 0.717) is 13.2 Å². The van der Waals surface area contributed by atoms with Crippen molar-refractivity contribution in [3.05, 3.63) is 12.2 Å². The number of hydrogen-bond acceptors (Lipinski definition) is 3. The second-order valence-corrected chi connectivity index (χ2v) is 4.58. The summed E-state index contributed by atoms with van der Waals surface area (Å²) in [7, 11) is 0. The first-order valence-corrected chi connectivity index (χ1v) is 5.98. The molecule has 3 atom stereocenters. The second-order valence-electron chi connectivity index (χ2n) is 4.58. The van der Waals surface area contributed by atoms with Crippen molar-refractivity contribution in [2.75, 3.05) is 32.9 Å². The molecule has 15 heavy (non-hydrogen) atoms. The van der Waals surface area contributed by atoms with Crippen LogP contribution in [-0.2, 0) is 4.74 Å². The van der Waals surface area contributed by atoms with Gasteiger partial charge in [0.1, 0.15) is 0 Å². The Morgan fingerprint density at radius 1 is 1.27 bits per heavy atom. The Labute approximate surface area is 91.5 Å². The van der Waals surface area contributed by atoms with E-state index < -0.39 is 0 Å². The van der Waals surface area contributed by atoms with Gasteiger partial charge < -0.3 is 15.2 Å². The van der Waals surface area contributed by atoms with Crippen molar-refractivity contribution >= 4 is 0 Å². The first kappa shape index (κ1) is 11.1. The fourth-order valence-corrected chi connectivity index (χ4v) is 2.73. The Morgan fingerprint density at radius 3 is 2.87 bits per heavy atom. The molecule has 1 fully saturated rings. The highest BCUT2D eigenvalue weighted by molar-refractivity contribution is 5.10. The lowest BCUT2D eigenvalue weighted by Gasteiger charge is -2.18. The summed E-state index contributed by atoms with van der Waals surface area (Å²) < 4.78 is 5.18. The molecule has 0 aromatic heterocycles. The number of allylic oxidation sites excluding steroid dienone is 2. The second kappa shape index (κ2) is 5.64. The third-order valence-corrected chi connectivity index (χ3v) is 3.48. The molecule has 3 heteroatoms. The van der Waals surface area contributed by atoms with E-state index in [9.17, 15) is 0 Å². The van der Waals surface area contributed by atoms with E-state index in [2.05, 4.69) is 17.5 Å². The highest BCUT2D eigenvalue weighted by Crippen LogP contribution is 2.42. The standard InChI is InChI=1S/C12H21NO2/c14-4-6-15-5-3-13-9-12-8-10-1-2-11(12)7-10/h1-2,10-14H,3-9H2/t10-,11-,12+/m1/s1. The monoisotopic (exact) mass is 211 g/mol. The van der Waals surface area contributed by atoms with Gasteiger partial charge in [-0.15, -0.1) is 0 Å². The molecule has 2 rings (SSSR count). The van der Waals surface area contributed by atoms with Gasteiger partial charge in [-0.2, -0.15) is 0 Å². The average molecular weight is 211 g/mol. The fourth-order valence-electron chi connectivity index (χ4n) is 2.73. The Bertz CT molecular complexity index is 218. The first-order chi connectivity index (χ1) is 7.40. The minimum Gasteiger partial charge on any atom is -0.394 e. The fraction of sp³-hybridized carbons (Fsp3) is 0.833. The zero-order valence-corrected chi connectivity index (χ0v) is 9.19. The van der Waals surface area contributed by atoms with E-state index in [1.807, 2.05) is 0 Å². The molecule has 0 aromatic rings. The van der Waals surface area contributed by atoms with E-state index in [1.54, 1.807) is 0 Å². The van der Waals surface area contributed by atoms with Crippen molar-refractivity contribution in [3.63, 3.8) is 0 Å². The Balaban J connectivity index is 1.50. The summed E-state index contributed by atoms with van der Waals surface area (Å²) in [5, 5.41) is 11.9. The summed E-state index contributed by atoms with van der Waals surface area (Å²) in [6.45, 7) is 3.30. The molecule has 0 aliphatic heterocycles. The minimum atomic E-state index is 0.122. The smallest absolute Gasteiger partial charge is 0.0698 e. The van der Waals surface area contributed by atoms with Gasteiger partial charge >= 0.3 is 0 Å². The van der Waals surface area contributed by atoms with Crippen molar-refractivity contribution in [3.8, 4) is 0 Å². The van der Waals surface area contributed by atoms with Crippen molar-refractivity contribution in [2.45, 2.75) is 12.8 Å². The number of nitrogens with one attached hydrogen (secondary N) is 1. The summed E-state index contributed by atoms with van der Waals surface area (Å²) >= 11 is 0. The third kappa shape index (κ3) is 3.03. The number of aliphatic hydroxyl groups is 1. The minimum absolute atomic E-state index is 0.122. The topological polar surface area (TPSA) is 41.5 Å². The van der Waals surface area contributed by atoms with Crippen LogP contribution in [0.25, 0.3) is 0 Å².